The van der Waals surface area contributed by atoms with Crippen LogP contribution in [0.25, 0.3) is 10.9 Å². The van der Waals surface area contributed by atoms with Gasteiger partial charge in [0, 0.05) is 24.2 Å². The fourth-order valence-corrected chi connectivity index (χ4v) is 1.90. The van der Waals surface area contributed by atoms with Gasteiger partial charge in [-0.15, -0.1) is 0 Å². The van der Waals surface area contributed by atoms with E-state index < -0.39 is 5.97 Å². The summed E-state index contributed by atoms with van der Waals surface area (Å²) >= 11 is 0. The molecule has 0 radical (unpaired) electrons. The van der Waals surface area contributed by atoms with E-state index >= 15 is 0 Å². The molecule has 0 saturated heterocycles. The van der Waals surface area contributed by atoms with Crippen LogP contribution >= 0.6 is 0 Å². The first-order chi connectivity index (χ1) is 9.61. The zero-order valence-corrected chi connectivity index (χ0v) is 11.5. The molecule has 0 aliphatic carbocycles. The van der Waals surface area contributed by atoms with Crippen molar-refractivity contribution in [1.29, 1.82) is 0 Å². The Morgan fingerprint density at radius 1 is 1.30 bits per heavy atom. The second kappa shape index (κ2) is 6.14. The van der Waals surface area contributed by atoms with Gasteiger partial charge in [-0.25, -0.2) is 0 Å². The summed E-state index contributed by atoms with van der Waals surface area (Å²) < 4.78 is 4.83. The van der Waals surface area contributed by atoms with Gasteiger partial charge in [-0.05, 0) is 31.2 Å². The van der Waals surface area contributed by atoms with Crippen molar-refractivity contribution in [1.82, 2.24) is 9.88 Å². The van der Waals surface area contributed by atoms with Gasteiger partial charge >= 0.3 is 5.97 Å². The maximum atomic E-state index is 12.2. The molecule has 0 aliphatic heterocycles. The molecular formula is C15H16N2O3. The average Bonchev–Trinajstić information content (AvgIpc) is 2.46. The number of hydrogen-bond donors (Lipinski definition) is 0. The Bertz CT molecular complexity index is 640. The molecule has 1 amide bonds. The quantitative estimate of drug-likeness (QED) is 0.797. The number of pyridine rings is 1. The van der Waals surface area contributed by atoms with Crippen LogP contribution in [0.5, 0.6) is 0 Å². The summed E-state index contributed by atoms with van der Waals surface area (Å²) in [6, 6.07) is 8.98. The second-order valence-electron chi connectivity index (χ2n) is 4.38. The molecule has 0 N–H and O–H groups in total. The zero-order chi connectivity index (χ0) is 14.5. The minimum Gasteiger partial charge on any atom is -0.465 e. The largest absolute Gasteiger partial charge is 0.465 e. The molecule has 5 nitrogen and oxygen atoms in total. The minimum absolute atomic E-state index is 0.0578. The standard InChI is InChI=1S/C15H16N2O3/c1-3-20-14(18)10-17(2)15(19)12-6-7-13-11(9-12)5-4-8-16-13/h4-9H,3,10H2,1-2H3. The van der Waals surface area contributed by atoms with Crippen molar-refractivity contribution in [3.63, 3.8) is 0 Å². The van der Waals surface area contributed by atoms with E-state index in [1.807, 2.05) is 12.1 Å². The fraction of sp³-hybridized carbons (Fsp3) is 0.267. The molecule has 0 bridgehead atoms. The highest BCUT2D eigenvalue weighted by atomic mass is 16.5. The molecule has 0 fully saturated rings. The van der Waals surface area contributed by atoms with Crippen molar-refractivity contribution in [3.8, 4) is 0 Å². The van der Waals surface area contributed by atoms with Gasteiger partial charge in [0.1, 0.15) is 6.54 Å². The van der Waals surface area contributed by atoms with Gasteiger partial charge < -0.3 is 9.64 Å². The van der Waals surface area contributed by atoms with E-state index in [9.17, 15) is 9.59 Å². The second-order valence-corrected chi connectivity index (χ2v) is 4.38. The number of aromatic nitrogens is 1. The van der Waals surface area contributed by atoms with Crippen LogP contribution in [-0.4, -0.2) is 42.0 Å². The Morgan fingerprint density at radius 3 is 2.85 bits per heavy atom. The summed E-state index contributed by atoms with van der Waals surface area (Å²) in [7, 11) is 1.58. The monoisotopic (exact) mass is 272 g/mol. The first-order valence-corrected chi connectivity index (χ1v) is 6.37. The van der Waals surface area contributed by atoms with Gasteiger partial charge in [-0.2, -0.15) is 0 Å². The van der Waals surface area contributed by atoms with Crippen molar-refractivity contribution < 1.29 is 14.3 Å². The van der Waals surface area contributed by atoms with Crippen LogP contribution in [0.3, 0.4) is 0 Å². The van der Waals surface area contributed by atoms with Crippen LogP contribution in [0.2, 0.25) is 0 Å². The third-order valence-corrected chi connectivity index (χ3v) is 2.87. The number of carbonyl (C=O) groups excluding carboxylic acids is 2. The lowest BCUT2D eigenvalue weighted by molar-refractivity contribution is -0.143. The number of amides is 1. The molecule has 20 heavy (non-hydrogen) atoms. The first kappa shape index (κ1) is 14.0. The fourth-order valence-electron chi connectivity index (χ4n) is 1.90. The number of nitrogens with zero attached hydrogens (tertiary/aromatic N) is 2. The van der Waals surface area contributed by atoms with E-state index in [4.69, 9.17) is 4.74 Å². The van der Waals surface area contributed by atoms with Gasteiger partial charge in [0.15, 0.2) is 0 Å². The molecule has 1 aromatic carbocycles. The Hall–Kier alpha value is -2.43. The van der Waals surface area contributed by atoms with E-state index in [-0.39, 0.29) is 12.5 Å². The molecule has 2 rings (SSSR count). The summed E-state index contributed by atoms with van der Waals surface area (Å²) in [4.78, 5) is 29.1. The third kappa shape index (κ3) is 3.12. The summed E-state index contributed by atoms with van der Waals surface area (Å²) in [5.41, 5.74) is 1.36. The predicted molar refractivity (Wildman–Crippen MR) is 75.3 cm³/mol. The van der Waals surface area contributed by atoms with Gasteiger partial charge in [0.25, 0.3) is 5.91 Å². The minimum atomic E-state index is -0.411. The molecule has 0 atom stereocenters. The molecule has 1 aromatic heterocycles. The SMILES string of the molecule is CCOC(=O)CN(C)C(=O)c1ccc2ncccc2c1. The lowest BCUT2D eigenvalue weighted by Crippen LogP contribution is -2.33. The summed E-state index contributed by atoms with van der Waals surface area (Å²) in [6.07, 6.45) is 1.71. The van der Waals surface area contributed by atoms with Crippen LogP contribution in [-0.2, 0) is 9.53 Å². The van der Waals surface area contributed by atoms with Crippen molar-refractivity contribution in [2.24, 2.45) is 0 Å². The van der Waals surface area contributed by atoms with E-state index in [0.29, 0.717) is 12.2 Å². The smallest absolute Gasteiger partial charge is 0.325 e. The summed E-state index contributed by atoms with van der Waals surface area (Å²) in [6.45, 7) is 1.98. The summed E-state index contributed by atoms with van der Waals surface area (Å²) in [5, 5.41) is 0.892. The number of rotatable bonds is 4. The van der Waals surface area contributed by atoms with Gasteiger partial charge in [-0.1, -0.05) is 6.07 Å². The van der Waals surface area contributed by atoms with Crippen molar-refractivity contribution >= 4 is 22.8 Å². The molecule has 0 unspecified atom stereocenters. The van der Waals surface area contributed by atoms with Gasteiger partial charge in [0.2, 0.25) is 0 Å². The third-order valence-electron chi connectivity index (χ3n) is 2.87. The predicted octanol–water partition coefficient (Wildman–Crippen LogP) is 1.87. The van der Waals surface area contributed by atoms with Crippen LogP contribution in [0.15, 0.2) is 36.5 Å². The highest BCUT2D eigenvalue weighted by Gasteiger charge is 2.15. The number of fused-ring (bicyclic) bond motifs is 1. The molecule has 104 valence electrons. The Balaban J connectivity index is 2.16. The Labute approximate surface area is 117 Å². The Morgan fingerprint density at radius 2 is 2.10 bits per heavy atom. The van der Waals surface area contributed by atoms with Gasteiger partial charge in [0.05, 0.1) is 12.1 Å². The van der Waals surface area contributed by atoms with Gasteiger partial charge in [-0.3, -0.25) is 14.6 Å². The van der Waals surface area contributed by atoms with E-state index in [1.165, 1.54) is 4.90 Å². The lowest BCUT2D eigenvalue weighted by atomic mass is 10.1. The molecule has 1 heterocycles. The number of carbonyl (C=O) groups is 2. The van der Waals surface area contributed by atoms with E-state index in [0.717, 1.165) is 10.9 Å². The molecule has 0 spiro atoms. The lowest BCUT2D eigenvalue weighted by Gasteiger charge is -2.16. The van der Waals surface area contributed by atoms with Crippen molar-refractivity contribution in [2.75, 3.05) is 20.2 Å². The summed E-state index contributed by atoms with van der Waals surface area (Å²) in [5.74, 6) is -0.630. The topological polar surface area (TPSA) is 59.5 Å². The van der Waals surface area contributed by atoms with Crippen molar-refractivity contribution in [3.05, 3.63) is 42.1 Å². The van der Waals surface area contributed by atoms with Crippen LogP contribution in [0.4, 0.5) is 0 Å². The molecule has 0 saturated carbocycles. The Kier molecular flexibility index (Phi) is 4.30. The van der Waals surface area contributed by atoms with Crippen molar-refractivity contribution in [2.45, 2.75) is 6.92 Å². The number of ether oxygens (including phenoxy) is 1. The number of benzene rings is 1. The van der Waals surface area contributed by atoms with Crippen LogP contribution < -0.4 is 0 Å². The highest BCUT2D eigenvalue weighted by molar-refractivity contribution is 5.98. The highest BCUT2D eigenvalue weighted by Crippen LogP contribution is 2.14. The van der Waals surface area contributed by atoms with E-state index in [2.05, 4.69) is 4.98 Å². The normalized spacial score (nSPS) is 10.3. The van der Waals surface area contributed by atoms with Crippen LogP contribution in [0, 0.1) is 0 Å². The number of likely N-dealkylation sites (N-methyl/N-ethyl adjacent to an activating group) is 1. The maximum absolute atomic E-state index is 12.2. The van der Waals surface area contributed by atoms with E-state index in [1.54, 1.807) is 38.4 Å². The zero-order valence-electron chi connectivity index (χ0n) is 11.5. The van der Waals surface area contributed by atoms with Crippen LogP contribution in [0.1, 0.15) is 17.3 Å². The molecule has 0 aliphatic rings. The molecular weight excluding hydrogens is 256 g/mol. The average molecular weight is 272 g/mol. The number of esters is 1. The molecule has 5 heteroatoms. The number of hydrogen-bond acceptors (Lipinski definition) is 4. The first-order valence-electron chi connectivity index (χ1n) is 6.37. The maximum Gasteiger partial charge on any atom is 0.325 e. The molecule has 2 aromatic rings.